The quantitative estimate of drug-likeness (QED) is 0.779. The number of aryl methyl sites for hydroxylation is 2. The van der Waals surface area contributed by atoms with Crippen LogP contribution in [0.25, 0.3) is 5.69 Å². The minimum atomic E-state index is -0.212. The minimum absolute atomic E-state index is 0.0769. The average molecular weight is 323 g/mol. The van der Waals surface area contributed by atoms with Gasteiger partial charge in [0.05, 0.1) is 5.69 Å². The number of rotatable bonds is 5. The number of aromatic nitrogens is 4. The third-order valence-electron chi connectivity index (χ3n) is 3.47. The third-order valence-corrected chi connectivity index (χ3v) is 3.47. The first-order valence-electron chi connectivity index (χ1n) is 7.45. The number of anilines is 1. The molecule has 0 saturated heterocycles. The maximum Gasteiger partial charge on any atom is 0.262 e. The average Bonchev–Trinajstić information content (AvgIpc) is 3.11. The Bertz CT molecular complexity index is 846. The summed E-state index contributed by atoms with van der Waals surface area (Å²) < 4.78 is 7.07. The monoisotopic (exact) mass is 323 g/mol. The van der Waals surface area contributed by atoms with Crippen molar-refractivity contribution in [3.05, 3.63) is 59.9 Å². The molecule has 3 rings (SSSR count). The fourth-order valence-corrected chi connectivity index (χ4v) is 2.20. The minimum Gasteiger partial charge on any atom is -0.484 e. The van der Waals surface area contributed by atoms with Gasteiger partial charge < -0.3 is 10.1 Å². The van der Waals surface area contributed by atoms with E-state index in [4.69, 9.17) is 4.74 Å². The number of carbonyl (C=O) groups is 1. The summed E-state index contributed by atoms with van der Waals surface area (Å²) in [6.45, 7) is 3.86. The summed E-state index contributed by atoms with van der Waals surface area (Å²) in [4.78, 5) is 12.1. The van der Waals surface area contributed by atoms with Gasteiger partial charge in [0.15, 0.2) is 6.61 Å². The van der Waals surface area contributed by atoms with Gasteiger partial charge in [0.1, 0.15) is 12.1 Å². The summed E-state index contributed by atoms with van der Waals surface area (Å²) in [7, 11) is 0. The second kappa shape index (κ2) is 6.91. The van der Waals surface area contributed by atoms with Crippen LogP contribution >= 0.6 is 0 Å². The second-order valence-corrected chi connectivity index (χ2v) is 5.41. The predicted octanol–water partition coefficient (Wildman–Crippen LogP) is 2.30. The van der Waals surface area contributed by atoms with Crippen molar-refractivity contribution in [2.75, 3.05) is 11.9 Å². The van der Waals surface area contributed by atoms with E-state index in [1.807, 2.05) is 44.2 Å². The molecular weight excluding hydrogens is 306 g/mol. The summed E-state index contributed by atoms with van der Waals surface area (Å²) in [6.07, 6.45) is 1.49. The van der Waals surface area contributed by atoms with Crippen LogP contribution in [0.15, 0.2) is 48.8 Å². The Labute approximate surface area is 139 Å². The number of amides is 1. The Kier molecular flexibility index (Phi) is 4.51. The summed E-state index contributed by atoms with van der Waals surface area (Å²) in [5.41, 5.74) is 3.65. The molecule has 7 nitrogen and oxygen atoms in total. The van der Waals surface area contributed by atoms with Crippen LogP contribution in [-0.2, 0) is 4.79 Å². The van der Waals surface area contributed by atoms with Crippen molar-refractivity contribution in [1.29, 1.82) is 0 Å². The molecule has 0 bridgehead atoms. The van der Waals surface area contributed by atoms with Crippen LogP contribution in [0.1, 0.15) is 11.1 Å². The highest BCUT2D eigenvalue weighted by molar-refractivity contribution is 5.92. The first kappa shape index (κ1) is 15.7. The fraction of sp³-hybridized carbons (Fsp3) is 0.176. The molecule has 2 aromatic carbocycles. The molecule has 0 radical (unpaired) electrons. The van der Waals surface area contributed by atoms with E-state index in [9.17, 15) is 4.79 Å². The SMILES string of the molecule is Cc1ccc(C)c(NC(=O)COc2cccc(-n3cnnn3)c2)c1. The van der Waals surface area contributed by atoms with Crippen LogP contribution in [0, 0.1) is 13.8 Å². The molecule has 3 aromatic rings. The van der Waals surface area contributed by atoms with E-state index in [0.717, 1.165) is 22.5 Å². The van der Waals surface area contributed by atoms with E-state index in [0.29, 0.717) is 5.75 Å². The molecule has 0 aliphatic rings. The first-order chi connectivity index (χ1) is 11.6. The molecule has 0 saturated carbocycles. The van der Waals surface area contributed by atoms with Crippen LogP contribution < -0.4 is 10.1 Å². The molecule has 1 amide bonds. The molecule has 122 valence electrons. The van der Waals surface area contributed by atoms with Crippen molar-refractivity contribution < 1.29 is 9.53 Å². The molecule has 24 heavy (non-hydrogen) atoms. The standard InChI is InChI=1S/C17H17N5O2/c1-12-6-7-13(2)16(8-12)19-17(23)10-24-15-5-3-4-14(9-15)22-11-18-20-21-22/h3-9,11H,10H2,1-2H3,(H,19,23). The van der Waals surface area contributed by atoms with E-state index in [-0.39, 0.29) is 12.5 Å². The Morgan fingerprint density at radius 2 is 2.08 bits per heavy atom. The van der Waals surface area contributed by atoms with Gasteiger partial charge >= 0.3 is 0 Å². The van der Waals surface area contributed by atoms with E-state index < -0.39 is 0 Å². The zero-order chi connectivity index (χ0) is 16.9. The zero-order valence-corrected chi connectivity index (χ0v) is 13.4. The number of hydrogen-bond donors (Lipinski definition) is 1. The molecule has 0 fully saturated rings. The summed E-state index contributed by atoms with van der Waals surface area (Å²) in [6, 6.07) is 13.1. The Balaban J connectivity index is 1.62. The van der Waals surface area contributed by atoms with Crippen molar-refractivity contribution in [2.45, 2.75) is 13.8 Å². The number of benzene rings is 2. The van der Waals surface area contributed by atoms with Gasteiger partial charge in [-0.05, 0) is 53.6 Å². The lowest BCUT2D eigenvalue weighted by atomic mass is 10.1. The van der Waals surface area contributed by atoms with Crippen molar-refractivity contribution in [2.24, 2.45) is 0 Å². The third kappa shape index (κ3) is 3.75. The Morgan fingerprint density at radius 3 is 2.88 bits per heavy atom. The zero-order valence-electron chi connectivity index (χ0n) is 13.4. The summed E-state index contributed by atoms with van der Waals surface area (Å²) in [5, 5.41) is 13.9. The highest BCUT2D eigenvalue weighted by atomic mass is 16.5. The molecular formula is C17H17N5O2. The number of tetrazole rings is 1. The van der Waals surface area contributed by atoms with Gasteiger partial charge in [-0.2, -0.15) is 0 Å². The number of carbonyl (C=O) groups excluding carboxylic acids is 1. The van der Waals surface area contributed by atoms with Crippen LogP contribution in [0.2, 0.25) is 0 Å². The topological polar surface area (TPSA) is 81.9 Å². The van der Waals surface area contributed by atoms with Crippen molar-refractivity contribution in [3.8, 4) is 11.4 Å². The molecule has 0 spiro atoms. The van der Waals surface area contributed by atoms with E-state index >= 15 is 0 Å². The molecule has 0 atom stereocenters. The first-order valence-corrected chi connectivity index (χ1v) is 7.45. The largest absolute Gasteiger partial charge is 0.484 e. The summed E-state index contributed by atoms with van der Waals surface area (Å²) >= 11 is 0. The van der Waals surface area contributed by atoms with Gasteiger partial charge in [0, 0.05) is 11.8 Å². The lowest BCUT2D eigenvalue weighted by Crippen LogP contribution is -2.20. The molecule has 1 heterocycles. The van der Waals surface area contributed by atoms with Crippen molar-refractivity contribution >= 4 is 11.6 Å². The molecule has 1 aromatic heterocycles. The lowest BCUT2D eigenvalue weighted by molar-refractivity contribution is -0.118. The Morgan fingerprint density at radius 1 is 1.21 bits per heavy atom. The van der Waals surface area contributed by atoms with Crippen LogP contribution in [0.4, 0.5) is 5.69 Å². The number of nitrogens with zero attached hydrogens (tertiary/aromatic N) is 4. The van der Waals surface area contributed by atoms with Gasteiger partial charge in [-0.15, -0.1) is 5.10 Å². The molecule has 0 aliphatic heterocycles. The highest BCUT2D eigenvalue weighted by Crippen LogP contribution is 2.17. The number of nitrogens with one attached hydrogen (secondary N) is 1. The van der Waals surface area contributed by atoms with Crippen LogP contribution in [-0.4, -0.2) is 32.7 Å². The summed E-state index contributed by atoms with van der Waals surface area (Å²) in [5.74, 6) is 0.357. The van der Waals surface area contributed by atoms with E-state index in [2.05, 4.69) is 20.8 Å². The molecule has 0 aliphatic carbocycles. The van der Waals surface area contributed by atoms with Gasteiger partial charge in [0.25, 0.3) is 5.91 Å². The number of ether oxygens (including phenoxy) is 1. The lowest BCUT2D eigenvalue weighted by Gasteiger charge is -2.11. The van der Waals surface area contributed by atoms with Gasteiger partial charge in [-0.3, -0.25) is 4.79 Å². The van der Waals surface area contributed by atoms with E-state index in [1.165, 1.54) is 11.0 Å². The molecule has 0 unspecified atom stereocenters. The highest BCUT2D eigenvalue weighted by Gasteiger charge is 2.07. The smallest absolute Gasteiger partial charge is 0.262 e. The van der Waals surface area contributed by atoms with Crippen LogP contribution in [0.3, 0.4) is 0 Å². The maximum absolute atomic E-state index is 12.1. The Hall–Kier alpha value is -3.22. The fourth-order valence-electron chi connectivity index (χ4n) is 2.20. The molecule has 7 heteroatoms. The second-order valence-electron chi connectivity index (χ2n) is 5.41. The van der Waals surface area contributed by atoms with Crippen molar-refractivity contribution in [1.82, 2.24) is 20.2 Å². The van der Waals surface area contributed by atoms with Crippen LogP contribution in [0.5, 0.6) is 5.75 Å². The number of hydrogen-bond acceptors (Lipinski definition) is 5. The maximum atomic E-state index is 12.1. The molecule has 1 N–H and O–H groups in total. The van der Waals surface area contributed by atoms with Gasteiger partial charge in [-0.25, -0.2) is 4.68 Å². The van der Waals surface area contributed by atoms with E-state index in [1.54, 1.807) is 12.1 Å². The van der Waals surface area contributed by atoms with Gasteiger partial charge in [-0.1, -0.05) is 18.2 Å². The van der Waals surface area contributed by atoms with Gasteiger partial charge in [0.2, 0.25) is 0 Å². The predicted molar refractivity (Wildman–Crippen MR) is 89.2 cm³/mol. The van der Waals surface area contributed by atoms with Crippen molar-refractivity contribution in [3.63, 3.8) is 0 Å². The normalized spacial score (nSPS) is 10.4.